The highest BCUT2D eigenvalue weighted by atomic mass is 35.5. The van der Waals surface area contributed by atoms with E-state index in [1.807, 2.05) is 12.1 Å². The number of rotatable bonds is 2. The normalized spacial score (nSPS) is 17.6. The van der Waals surface area contributed by atoms with Gasteiger partial charge in [0.15, 0.2) is 0 Å². The van der Waals surface area contributed by atoms with Gasteiger partial charge >= 0.3 is 0 Å². The molecule has 1 unspecified atom stereocenters. The van der Waals surface area contributed by atoms with Gasteiger partial charge in [-0.2, -0.15) is 0 Å². The van der Waals surface area contributed by atoms with Crippen LogP contribution in [-0.4, -0.2) is 7.11 Å². The Balaban J connectivity index is 2.10. The second-order valence-electron chi connectivity index (χ2n) is 4.65. The lowest BCUT2D eigenvalue weighted by molar-refractivity contribution is 0.407. The van der Waals surface area contributed by atoms with Gasteiger partial charge in [-0.3, -0.25) is 0 Å². The molecule has 2 aromatic carbocycles. The first-order chi connectivity index (χ1) is 8.81. The smallest absolute Gasteiger partial charge is 0.141 e. The van der Waals surface area contributed by atoms with Crippen molar-refractivity contribution in [3.63, 3.8) is 0 Å². The maximum absolute atomic E-state index is 6.21. The van der Waals surface area contributed by atoms with E-state index < -0.39 is 0 Å². The van der Waals surface area contributed by atoms with Crippen LogP contribution in [0.25, 0.3) is 0 Å². The number of hydrogen-bond donors (Lipinski definition) is 0. The molecule has 0 heterocycles. The Labute approximate surface area is 112 Å². The first-order valence-corrected chi connectivity index (χ1v) is 6.59. The summed E-state index contributed by atoms with van der Waals surface area (Å²) >= 11 is 6.21. The minimum atomic E-state index is 0.412. The highest BCUT2D eigenvalue weighted by Gasteiger charge is 2.26. The summed E-state index contributed by atoms with van der Waals surface area (Å²) in [7, 11) is 1.69. The van der Waals surface area contributed by atoms with Crippen LogP contribution in [0.1, 0.15) is 29.0 Å². The second-order valence-corrected chi connectivity index (χ2v) is 5.06. The van der Waals surface area contributed by atoms with E-state index in [9.17, 15) is 0 Å². The lowest BCUT2D eigenvalue weighted by atomic mass is 9.92. The van der Waals surface area contributed by atoms with Crippen LogP contribution < -0.4 is 4.74 Å². The van der Waals surface area contributed by atoms with E-state index in [1.165, 1.54) is 16.7 Å². The zero-order valence-corrected chi connectivity index (χ0v) is 11.1. The van der Waals surface area contributed by atoms with E-state index in [0.717, 1.165) is 18.6 Å². The van der Waals surface area contributed by atoms with Gasteiger partial charge in [0.2, 0.25) is 0 Å². The molecule has 0 N–H and O–H groups in total. The van der Waals surface area contributed by atoms with Crippen molar-refractivity contribution in [3.05, 3.63) is 64.2 Å². The van der Waals surface area contributed by atoms with Gasteiger partial charge in [-0.25, -0.2) is 0 Å². The van der Waals surface area contributed by atoms with Crippen LogP contribution in [0.2, 0.25) is 5.02 Å². The van der Waals surface area contributed by atoms with Crippen LogP contribution in [0.5, 0.6) is 5.75 Å². The van der Waals surface area contributed by atoms with E-state index in [-0.39, 0.29) is 0 Å². The summed E-state index contributed by atoms with van der Waals surface area (Å²) in [5.41, 5.74) is 4.07. The summed E-state index contributed by atoms with van der Waals surface area (Å²) in [5, 5.41) is 0.694. The van der Waals surface area contributed by atoms with Gasteiger partial charge in [0, 0.05) is 11.5 Å². The van der Waals surface area contributed by atoms with Gasteiger partial charge in [-0.1, -0.05) is 48.0 Å². The molecule has 0 spiro atoms. The molecule has 1 aliphatic carbocycles. The van der Waals surface area contributed by atoms with Crippen molar-refractivity contribution in [3.8, 4) is 5.75 Å². The van der Waals surface area contributed by atoms with Crippen LogP contribution in [0.15, 0.2) is 42.5 Å². The van der Waals surface area contributed by atoms with E-state index in [4.69, 9.17) is 16.3 Å². The van der Waals surface area contributed by atoms with Gasteiger partial charge in [0.05, 0.1) is 12.1 Å². The minimum absolute atomic E-state index is 0.412. The van der Waals surface area contributed by atoms with Crippen molar-refractivity contribution in [2.24, 2.45) is 0 Å². The molecule has 0 radical (unpaired) electrons. The average molecular weight is 259 g/mol. The molecule has 1 aliphatic rings. The van der Waals surface area contributed by atoms with Crippen LogP contribution >= 0.6 is 11.6 Å². The van der Waals surface area contributed by atoms with E-state index >= 15 is 0 Å². The first kappa shape index (κ1) is 11.6. The number of fused-ring (bicyclic) bond motifs is 1. The van der Waals surface area contributed by atoms with Crippen molar-refractivity contribution in [1.29, 1.82) is 0 Å². The molecule has 18 heavy (non-hydrogen) atoms. The van der Waals surface area contributed by atoms with Crippen molar-refractivity contribution in [2.45, 2.75) is 18.8 Å². The maximum atomic E-state index is 6.21. The Bertz CT molecular complexity index is 577. The number of hydrogen-bond acceptors (Lipinski definition) is 1. The number of para-hydroxylation sites is 1. The minimum Gasteiger partial charge on any atom is -0.495 e. The Hall–Kier alpha value is -1.47. The Morgan fingerprint density at radius 1 is 1.06 bits per heavy atom. The molecule has 3 rings (SSSR count). The third kappa shape index (κ3) is 1.79. The molecule has 92 valence electrons. The van der Waals surface area contributed by atoms with Crippen LogP contribution in [0.3, 0.4) is 0 Å². The van der Waals surface area contributed by atoms with Gasteiger partial charge in [0.25, 0.3) is 0 Å². The number of benzene rings is 2. The highest BCUT2D eigenvalue weighted by Crippen LogP contribution is 2.43. The molecule has 0 amide bonds. The number of ether oxygens (including phenoxy) is 1. The fourth-order valence-corrected chi connectivity index (χ4v) is 3.15. The van der Waals surface area contributed by atoms with Gasteiger partial charge in [-0.15, -0.1) is 0 Å². The highest BCUT2D eigenvalue weighted by molar-refractivity contribution is 6.32. The zero-order chi connectivity index (χ0) is 12.5. The lowest BCUT2D eigenvalue weighted by Crippen LogP contribution is -2.00. The molecule has 0 saturated carbocycles. The van der Waals surface area contributed by atoms with E-state index in [1.54, 1.807) is 7.11 Å². The van der Waals surface area contributed by atoms with E-state index in [0.29, 0.717) is 10.9 Å². The van der Waals surface area contributed by atoms with Crippen LogP contribution in [-0.2, 0) is 6.42 Å². The summed E-state index contributed by atoms with van der Waals surface area (Å²) in [6.45, 7) is 0. The second kappa shape index (κ2) is 4.66. The average Bonchev–Trinajstić information content (AvgIpc) is 2.82. The quantitative estimate of drug-likeness (QED) is 0.775. The number of halogens is 1. The fraction of sp³-hybridized carbons (Fsp3) is 0.250. The third-order valence-electron chi connectivity index (χ3n) is 3.71. The monoisotopic (exact) mass is 258 g/mol. The van der Waals surface area contributed by atoms with Gasteiger partial charge < -0.3 is 4.74 Å². The van der Waals surface area contributed by atoms with Gasteiger partial charge in [-0.05, 0) is 30.0 Å². The Morgan fingerprint density at radius 2 is 1.83 bits per heavy atom. The van der Waals surface area contributed by atoms with Gasteiger partial charge in [0.1, 0.15) is 5.75 Å². The maximum Gasteiger partial charge on any atom is 0.141 e. The molecule has 0 fully saturated rings. The number of aryl methyl sites for hydroxylation is 1. The molecule has 0 saturated heterocycles. The van der Waals surface area contributed by atoms with E-state index in [2.05, 4.69) is 30.3 Å². The zero-order valence-electron chi connectivity index (χ0n) is 10.3. The molecule has 2 heteroatoms. The van der Waals surface area contributed by atoms with Crippen molar-refractivity contribution >= 4 is 11.6 Å². The summed E-state index contributed by atoms with van der Waals surface area (Å²) in [5.74, 6) is 1.23. The molecule has 0 aromatic heterocycles. The Morgan fingerprint density at radius 3 is 2.67 bits per heavy atom. The Kier molecular flexibility index (Phi) is 3.00. The molecular formula is C16H15ClO. The predicted octanol–water partition coefficient (Wildman–Crippen LogP) is 4.43. The molecule has 0 bridgehead atoms. The first-order valence-electron chi connectivity index (χ1n) is 6.21. The summed E-state index contributed by atoms with van der Waals surface area (Å²) in [6.07, 6.45) is 2.27. The summed E-state index contributed by atoms with van der Waals surface area (Å²) in [6, 6.07) is 14.6. The molecule has 1 atom stereocenters. The largest absolute Gasteiger partial charge is 0.495 e. The van der Waals surface area contributed by atoms with Crippen LogP contribution in [0.4, 0.5) is 0 Å². The standard InChI is InChI=1S/C16H15ClO/c1-18-16-14(7-4-8-15(16)17)13-10-9-11-5-2-3-6-12(11)13/h2-8,13H,9-10H2,1H3. The molecule has 2 aromatic rings. The topological polar surface area (TPSA) is 9.23 Å². The van der Waals surface area contributed by atoms with Crippen molar-refractivity contribution in [2.75, 3.05) is 7.11 Å². The number of methoxy groups -OCH3 is 1. The molecule has 1 nitrogen and oxygen atoms in total. The van der Waals surface area contributed by atoms with Crippen molar-refractivity contribution < 1.29 is 4.74 Å². The molecule has 0 aliphatic heterocycles. The SMILES string of the molecule is COc1c(Cl)cccc1C1CCc2ccccc21. The predicted molar refractivity (Wildman–Crippen MR) is 74.6 cm³/mol. The third-order valence-corrected chi connectivity index (χ3v) is 4.01. The van der Waals surface area contributed by atoms with Crippen molar-refractivity contribution in [1.82, 2.24) is 0 Å². The van der Waals surface area contributed by atoms with Crippen LogP contribution in [0, 0.1) is 0 Å². The fourth-order valence-electron chi connectivity index (χ4n) is 2.90. The lowest BCUT2D eigenvalue weighted by Gasteiger charge is -2.16. The summed E-state index contributed by atoms with van der Waals surface area (Å²) < 4.78 is 5.47. The molecular weight excluding hydrogens is 244 g/mol. The summed E-state index contributed by atoms with van der Waals surface area (Å²) in [4.78, 5) is 0.